The van der Waals surface area contributed by atoms with Crippen molar-refractivity contribution >= 4 is 63.8 Å². The maximum absolute atomic E-state index is 14.3. The Labute approximate surface area is 419 Å². The van der Waals surface area contributed by atoms with Gasteiger partial charge in [-0.15, -0.1) is 0 Å². The molecule has 3 aromatic rings. The normalized spacial score (nSPS) is 12.7. The minimum atomic E-state index is -1.27. The molecule has 0 aliphatic heterocycles. The van der Waals surface area contributed by atoms with E-state index in [2.05, 4.69) is 41.7 Å². The SMILES string of the molecule is CCCCC(=O)[C@H](CCC(=O)O)CC(=O)[C@H](Cc1c[nH]c2ccccc12)NC(=O)[C@@H](CC(=O)CNC(=O)[C@H](CCC(=O)O)CC(=O)[C@@H](CC(=O)O)NC)Cc1cccc(F)c1.[CH2-]CC.[CH2-]CCC.[W+2]. The third-order valence-corrected chi connectivity index (χ3v) is 10.9. The molecule has 0 saturated carbocycles. The molecule has 69 heavy (non-hydrogen) atoms. The summed E-state index contributed by atoms with van der Waals surface area (Å²) in [5.74, 6) is -11.3. The van der Waals surface area contributed by atoms with Gasteiger partial charge in [-0.05, 0) is 62.1 Å². The summed E-state index contributed by atoms with van der Waals surface area (Å²) in [4.78, 5) is 118. The van der Waals surface area contributed by atoms with Gasteiger partial charge in [-0.25, -0.2) is 4.39 Å². The van der Waals surface area contributed by atoms with Gasteiger partial charge in [-0.1, -0.05) is 63.9 Å². The van der Waals surface area contributed by atoms with Crippen molar-refractivity contribution in [2.24, 2.45) is 17.8 Å². The number of likely N-dealkylation sites (N-methyl/N-ethyl adjacent to an activating group) is 1. The predicted octanol–water partition coefficient (Wildman–Crippen LogP) is 6.82. The van der Waals surface area contributed by atoms with Crippen LogP contribution in [-0.4, -0.2) is 98.8 Å². The molecule has 18 heteroatoms. The summed E-state index contributed by atoms with van der Waals surface area (Å²) < 4.78 is 14.3. The molecule has 5 atom stereocenters. The van der Waals surface area contributed by atoms with E-state index in [1.807, 2.05) is 32.0 Å². The number of nitrogens with one attached hydrogen (secondary N) is 4. The van der Waals surface area contributed by atoms with E-state index in [0.717, 1.165) is 23.7 Å². The summed E-state index contributed by atoms with van der Waals surface area (Å²) in [6.07, 6.45) is 3.02. The van der Waals surface area contributed by atoms with Gasteiger partial charge in [0.25, 0.3) is 0 Å². The number of halogens is 1. The molecule has 7 N–H and O–H groups in total. The van der Waals surface area contributed by atoms with Gasteiger partial charge in [0.2, 0.25) is 11.8 Å². The number of carboxylic acids is 3. The van der Waals surface area contributed by atoms with E-state index in [1.165, 1.54) is 31.7 Å². The zero-order chi connectivity index (χ0) is 51.2. The number of aliphatic carboxylic acids is 3. The number of carbonyl (C=O) groups excluding carboxylic acids is 6. The maximum atomic E-state index is 14.3. The number of hydrogen-bond acceptors (Lipinski definition) is 10. The molecule has 3 rings (SSSR count). The van der Waals surface area contributed by atoms with Crippen LogP contribution in [0.4, 0.5) is 4.39 Å². The monoisotopic (exact) mass is 1130 g/mol. The van der Waals surface area contributed by atoms with Gasteiger partial charge in [0.1, 0.15) is 11.6 Å². The Kier molecular flexibility index (Phi) is 32.9. The van der Waals surface area contributed by atoms with Crippen molar-refractivity contribution in [3.63, 3.8) is 0 Å². The third-order valence-electron chi connectivity index (χ3n) is 10.9. The molecule has 0 unspecified atom stereocenters. The summed E-state index contributed by atoms with van der Waals surface area (Å²) in [6, 6.07) is 10.2. The number of carboxylic acid groups (broad SMARTS) is 3. The average molecular weight is 1130 g/mol. The number of Topliss-reactive ketones (excluding diaryl/α,β-unsaturated/α-hetero) is 4. The van der Waals surface area contributed by atoms with Crippen LogP contribution in [0.5, 0.6) is 0 Å². The quantitative estimate of drug-likeness (QED) is 0.0327. The van der Waals surface area contributed by atoms with Crippen LogP contribution in [0.3, 0.4) is 0 Å². The number of carbonyl (C=O) groups is 9. The summed E-state index contributed by atoms with van der Waals surface area (Å²) >= 11 is 0. The fourth-order valence-electron chi connectivity index (χ4n) is 7.11. The number of fused-ring (bicyclic) bond motifs is 1. The number of para-hydroxylation sites is 1. The second-order valence-corrected chi connectivity index (χ2v) is 16.6. The molecule has 0 aliphatic carbocycles. The van der Waals surface area contributed by atoms with Gasteiger partial charge in [-0.3, -0.25) is 43.2 Å². The molecule has 2 amide bonds. The number of unbranched alkanes of at least 4 members (excludes halogenated alkanes) is 2. The molecule has 0 aliphatic rings. The van der Waals surface area contributed by atoms with Crippen LogP contribution in [0.2, 0.25) is 0 Å². The van der Waals surface area contributed by atoms with Gasteiger partial charge in [0, 0.05) is 79.8 Å². The van der Waals surface area contributed by atoms with Crippen molar-refractivity contribution in [3.8, 4) is 0 Å². The van der Waals surface area contributed by atoms with Gasteiger partial charge in [0.05, 0.1) is 25.0 Å². The standard InChI is InChI=1S/C44H55FN4O12.C4H9.C3H7.W/c1-3-4-12-37(51)27(13-15-40(54)55)21-39(53)36(20-30-24-47-34-11-6-5-10-33(30)34)49-44(61)29(17-26-8-7-9-31(45)18-26)19-32(50)25-48-43(60)28(14-16-41(56)57)22-38(52)35(46-2)23-42(58)59;1-3-4-2;1-3-2;/h5-11,18,24,27-29,35-36,46-47H,3-4,12-17,19-23,25H2,1-2H3,(H,48,60)(H,49,61)(H,54,55)(H,56,57)(H,58,59);1,3-4H2,2H3;1,3H2,2H3;/q;2*-1;+2/t27-,28-,29-,35-,36+;;;/m1.../s1. The van der Waals surface area contributed by atoms with Crippen molar-refractivity contribution in [3.05, 3.63) is 85.5 Å². The molecule has 1 heterocycles. The molecule has 0 fully saturated rings. The van der Waals surface area contributed by atoms with E-state index in [-0.39, 0.29) is 71.8 Å². The molecular formula is C51H71FN4O12W. The number of aromatic amines is 1. The minimum absolute atomic E-state index is 0. The average Bonchev–Trinajstić information content (AvgIpc) is 3.71. The summed E-state index contributed by atoms with van der Waals surface area (Å²) in [5.41, 5.74) is 1.77. The van der Waals surface area contributed by atoms with Crippen LogP contribution in [0.25, 0.3) is 10.9 Å². The predicted molar refractivity (Wildman–Crippen MR) is 256 cm³/mol. The first-order valence-electron chi connectivity index (χ1n) is 23.2. The maximum Gasteiger partial charge on any atom is 2.00 e. The number of H-pyrrole nitrogens is 1. The Morgan fingerprint density at radius 1 is 0.681 bits per heavy atom. The molecule has 1 aromatic heterocycles. The Balaban J connectivity index is 0.00000541. The van der Waals surface area contributed by atoms with Crippen molar-refractivity contribution in [2.75, 3.05) is 13.6 Å². The number of benzene rings is 2. The zero-order valence-corrected chi connectivity index (χ0v) is 43.3. The molecule has 2 aromatic carbocycles. The molecule has 16 nitrogen and oxygen atoms in total. The summed E-state index contributed by atoms with van der Waals surface area (Å²) in [7, 11) is 1.36. The molecule has 0 bridgehead atoms. The zero-order valence-electron chi connectivity index (χ0n) is 40.3. The van der Waals surface area contributed by atoms with Crippen LogP contribution in [0.15, 0.2) is 54.7 Å². The van der Waals surface area contributed by atoms with Gasteiger partial charge >= 0.3 is 39.0 Å². The first-order valence-corrected chi connectivity index (χ1v) is 23.2. The number of amides is 2. The molecular weight excluding hydrogens is 1060 g/mol. The first kappa shape index (κ1) is 63.6. The first-order chi connectivity index (χ1) is 32.3. The van der Waals surface area contributed by atoms with E-state index in [4.69, 9.17) is 5.11 Å². The number of ketones is 4. The van der Waals surface area contributed by atoms with Crippen molar-refractivity contribution in [1.82, 2.24) is 20.9 Å². The van der Waals surface area contributed by atoms with Crippen LogP contribution in [0.1, 0.15) is 122 Å². The minimum Gasteiger partial charge on any atom is -0.481 e. The second kappa shape index (κ2) is 35.7. The van der Waals surface area contributed by atoms with E-state index in [0.29, 0.717) is 24.0 Å². The van der Waals surface area contributed by atoms with E-state index in [9.17, 15) is 57.8 Å². The second-order valence-electron chi connectivity index (χ2n) is 16.6. The van der Waals surface area contributed by atoms with Crippen LogP contribution >= 0.6 is 0 Å². The topological polar surface area (TPSA) is 266 Å². The van der Waals surface area contributed by atoms with E-state index < -0.39 is 115 Å². The summed E-state index contributed by atoms with van der Waals surface area (Å²) in [5, 5.41) is 36.3. The molecule has 0 radical (unpaired) electrons. The fourth-order valence-corrected chi connectivity index (χ4v) is 7.11. The van der Waals surface area contributed by atoms with Gasteiger partial charge in [-0.2, -0.15) is 12.8 Å². The fraction of sp³-hybridized carbons (Fsp3) is 0.510. The Hall–Kier alpha value is -5.41. The third kappa shape index (κ3) is 25.7. The smallest absolute Gasteiger partial charge is 0.481 e. The number of aromatic nitrogens is 1. The largest absolute Gasteiger partial charge is 2.00 e. The van der Waals surface area contributed by atoms with E-state index in [1.54, 1.807) is 18.3 Å². The van der Waals surface area contributed by atoms with Crippen LogP contribution in [0, 0.1) is 37.4 Å². The van der Waals surface area contributed by atoms with Crippen molar-refractivity contribution < 1.29 is 83.9 Å². The Bertz CT molecular complexity index is 2110. The number of rotatable bonds is 31. The molecule has 0 saturated heterocycles. The Morgan fingerprint density at radius 3 is 1.84 bits per heavy atom. The van der Waals surface area contributed by atoms with E-state index >= 15 is 0 Å². The Morgan fingerprint density at radius 2 is 1.28 bits per heavy atom. The summed E-state index contributed by atoms with van der Waals surface area (Å²) in [6.45, 7) is 12.5. The van der Waals surface area contributed by atoms with Crippen molar-refractivity contribution in [2.45, 2.75) is 136 Å². The number of hydrogen-bond donors (Lipinski definition) is 7. The van der Waals surface area contributed by atoms with Crippen molar-refractivity contribution in [1.29, 1.82) is 0 Å². The van der Waals surface area contributed by atoms with Gasteiger partial charge < -0.3 is 50.1 Å². The molecule has 0 spiro atoms. The molecule has 380 valence electrons. The van der Waals surface area contributed by atoms with Crippen LogP contribution < -0.4 is 16.0 Å². The van der Waals surface area contributed by atoms with Crippen LogP contribution in [-0.2, 0) is 77.1 Å². The van der Waals surface area contributed by atoms with Gasteiger partial charge in [0.15, 0.2) is 17.3 Å².